The molecule has 0 saturated carbocycles. The number of aliphatic imine (C=N–C) groups is 1. The minimum absolute atomic E-state index is 0.0992. The summed E-state index contributed by atoms with van der Waals surface area (Å²) in [6, 6.07) is 14.3. The molecule has 1 aromatic heterocycles. The van der Waals surface area contributed by atoms with Crippen LogP contribution in [0.5, 0.6) is 5.88 Å². The molecule has 0 radical (unpaired) electrons. The van der Waals surface area contributed by atoms with E-state index in [1.807, 2.05) is 24.3 Å². The second-order valence-corrected chi connectivity index (χ2v) is 8.09. The summed E-state index contributed by atoms with van der Waals surface area (Å²) in [6.07, 6.45) is 2.07. The van der Waals surface area contributed by atoms with Gasteiger partial charge in [-0.3, -0.25) is 4.79 Å². The quantitative estimate of drug-likeness (QED) is 0.175. The molecule has 2 heterocycles. The summed E-state index contributed by atoms with van der Waals surface area (Å²) in [5.41, 5.74) is 5.84. The molecule has 0 aliphatic carbocycles. The number of aromatic hydroxyl groups is 1. The fraction of sp³-hybridized carbons (Fsp3) is 0.182. The fourth-order valence-corrected chi connectivity index (χ4v) is 3.76. The van der Waals surface area contributed by atoms with Gasteiger partial charge >= 0.3 is 0 Å². The van der Waals surface area contributed by atoms with Crippen LogP contribution in [0.1, 0.15) is 41.3 Å². The van der Waals surface area contributed by atoms with E-state index < -0.39 is 5.91 Å². The van der Waals surface area contributed by atoms with Crippen molar-refractivity contribution >= 4 is 35.3 Å². The van der Waals surface area contributed by atoms with Gasteiger partial charge < -0.3 is 10.1 Å². The van der Waals surface area contributed by atoms with Crippen molar-refractivity contribution in [2.24, 2.45) is 4.99 Å². The van der Waals surface area contributed by atoms with Crippen molar-refractivity contribution in [3.05, 3.63) is 70.2 Å². The SMILES string of the molecule is CCCCNOOSc1ccc(-c2[nH]c(O)c3c2C(=O)N=C3c2ccc(Cl)cc2)cc1. The van der Waals surface area contributed by atoms with E-state index in [0.29, 0.717) is 39.7 Å². The van der Waals surface area contributed by atoms with Gasteiger partial charge in [-0.15, -0.1) is 9.32 Å². The Morgan fingerprint density at radius 1 is 1.10 bits per heavy atom. The highest BCUT2D eigenvalue weighted by Crippen LogP contribution is 2.38. The van der Waals surface area contributed by atoms with E-state index in [4.69, 9.17) is 20.9 Å². The van der Waals surface area contributed by atoms with Gasteiger partial charge in [0.2, 0.25) is 0 Å². The minimum atomic E-state index is -0.403. The Hall–Kier alpha value is -2.62. The Bertz CT molecular complexity index is 1110. The first-order valence-electron chi connectivity index (χ1n) is 9.76. The summed E-state index contributed by atoms with van der Waals surface area (Å²) < 4.78 is 5.05. The smallest absolute Gasteiger partial charge is 0.280 e. The number of H-pyrrole nitrogens is 1. The zero-order valence-electron chi connectivity index (χ0n) is 16.6. The standard InChI is InChI=1S/C22H20ClN3O4S/c1-2-3-12-24-29-30-31-16-10-6-14(7-11-16)20-18-17(21(27)26-20)19(25-22(18)28)13-4-8-15(23)9-5-13/h4-11,24,26-27H,2-3,12H2,1H3. The number of rotatable bonds is 9. The molecule has 7 nitrogen and oxygen atoms in total. The molecule has 3 N–H and O–H groups in total. The molecule has 0 spiro atoms. The molecule has 3 aromatic rings. The first-order valence-corrected chi connectivity index (χ1v) is 10.9. The van der Waals surface area contributed by atoms with Crippen LogP contribution in [0.15, 0.2) is 58.4 Å². The average Bonchev–Trinajstić information content (AvgIpc) is 3.30. The number of hydrogen-bond donors (Lipinski definition) is 3. The predicted octanol–water partition coefficient (Wildman–Crippen LogP) is 5.29. The summed E-state index contributed by atoms with van der Waals surface area (Å²) in [5, 5.41) is 11.1. The highest BCUT2D eigenvalue weighted by Gasteiger charge is 2.33. The van der Waals surface area contributed by atoms with Gasteiger partial charge in [0.15, 0.2) is 5.88 Å². The topological polar surface area (TPSA) is 95.9 Å². The molecular weight excluding hydrogens is 438 g/mol. The number of nitrogens with zero attached hydrogens (tertiary/aromatic N) is 1. The van der Waals surface area contributed by atoms with Crippen molar-refractivity contribution in [1.82, 2.24) is 10.5 Å². The van der Waals surface area contributed by atoms with Crippen LogP contribution < -0.4 is 5.48 Å². The van der Waals surface area contributed by atoms with Crippen LogP contribution in [0.4, 0.5) is 0 Å². The molecule has 2 aromatic carbocycles. The van der Waals surface area contributed by atoms with Crippen LogP contribution in [0.3, 0.4) is 0 Å². The van der Waals surface area contributed by atoms with Crippen molar-refractivity contribution in [3.63, 3.8) is 0 Å². The number of benzene rings is 2. The molecule has 0 bridgehead atoms. The molecule has 0 saturated heterocycles. The summed E-state index contributed by atoms with van der Waals surface area (Å²) in [6.45, 7) is 2.81. The van der Waals surface area contributed by atoms with Crippen LogP contribution in [0.2, 0.25) is 5.02 Å². The lowest BCUT2D eigenvalue weighted by Gasteiger charge is -2.04. The highest BCUT2D eigenvalue weighted by molar-refractivity contribution is 7.94. The van der Waals surface area contributed by atoms with E-state index in [2.05, 4.69) is 22.4 Å². The Kier molecular flexibility index (Phi) is 6.74. The van der Waals surface area contributed by atoms with Gasteiger partial charge in [-0.2, -0.15) is 5.48 Å². The maximum atomic E-state index is 12.6. The molecule has 4 rings (SSSR count). The lowest BCUT2D eigenvalue weighted by Crippen LogP contribution is -2.14. The number of aromatic amines is 1. The van der Waals surface area contributed by atoms with Crippen molar-refractivity contribution in [2.45, 2.75) is 24.7 Å². The van der Waals surface area contributed by atoms with Crippen molar-refractivity contribution in [2.75, 3.05) is 6.54 Å². The number of nitrogens with one attached hydrogen (secondary N) is 2. The molecule has 1 amide bonds. The number of halogens is 1. The van der Waals surface area contributed by atoms with Crippen molar-refractivity contribution in [3.8, 4) is 17.1 Å². The third kappa shape index (κ3) is 4.68. The third-order valence-electron chi connectivity index (χ3n) is 4.76. The van der Waals surface area contributed by atoms with Crippen LogP contribution in [0, 0.1) is 0 Å². The molecule has 31 heavy (non-hydrogen) atoms. The minimum Gasteiger partial charge on any atom is -0.494 e. The molecule has 160 valence electrons. The second kappa shape index (κ2) is 9.67. The van der Waals surface area contributed by atoms with Gasteiger partial charge in [0.25, 0.3) is 5.91 Å². The highest BCUT2D eigenvalue weighted by atomic mass is 35.5. The van der Waals surface area contributed by atoms with E-state index in [1.165, 1.54) is 0 Å². The second-order valence-electron chi connectivity index (χ2n) is 6.88. The molecule has 0 unspecified atom stereocenters. The maximum absolute atomic E-state index is 12.6. The zero-order valence-corrected chi connectivity index (χ0v) is 18.2. The van der Waals surface area contributed by atoms with Crippen molar-refractivity contribution < 1.29 is 19.2 Å². The monoisotopic (exact) mass is 457 g/mol. The fourth-order valence-electron chi connectivity index (χ4n) is 3.23. The Labute approximate surface area is 188 Å². The van der Waals surface area contributed by atoms with Gasteiger partial charge in [0, 0.05) is 22.0 Å². The van der Waals surface area contributed by atoms with Gasteiger partial charge in [-0.1, -0.05) is 49.2 Å². The number of unbranched alkanes of at least 4 members (excludes halogenated alkanes) is 1. The lowest BCUT2D eigenvalue weighted by atomic mass is 10.0. The first kappa shape index (κ1) is 21.6. The molecule has 9 heteroatoms. The number of fused-ring (bicyclic) bond motifs is 1. The number of hydroxylamine groups is 1. The van der Waals surface area contributed by atoms with Crippen LogP contribution in [-0.2, 0) is 9.32 Å². The van der Waals surface area contributed by atoms with Crippen molar-refractivity contribution in [1.29, 1.82) is 0 Å². The Morgan fingerprint density at radius 3 is 2.52 bits per heavy atom. The molecular formula is C22H20ClN3O4S. The molecule has 1 aliphatic rings. The van der Waals surface area contributed by atoms with E-state index in [9.17, 15) is 9.90 Å². The molecule has 0 atom stereocenters. The summed E-state index contributed by atoms with van der Waals surface area (Å²) in [7, 11) is 0. The number of carbonyl (C=O) groups excluding carboxylic acids is 1. The van der Waals surface area contributed by atoms with E-state index in [1.54, 1.807) is 24.3 Å². The van der Waals surface area contributed by atoms with Crippen LogP contribution in [0.25, 0.3) is 11.3 Å². The van der Waals surface area contributed by atoms with E-state index in [0.717, 1.165) is 35.3 Å². The normalized spacial score (nSPS) is 12.8. The van der Waals surface area contributed by atoms with Gasteiger partial charge in [-0.25, -0.2) is 4.99 Å². The predicted molar refractivity (Wildman–Crippen MR) is 120 cm³/mol. The van der Waals surface area contributed by atoms with E-state index in [-0.39, 0.29) is 5.88 Å². The largest absolute Gasteiger partial charge is 0.494 e. The maximum Gasteiger partial charge on any atom is 0.280 e. The Morgan fingerprint density at radius 2 is 1.81 bits per heavy atom. The summed E-state index contributed by atoms with van der Waals surface area (Å²) in [4.78, 5) is 25.4. The van der Waals surface area contributed by atoms with E-state index >= 15 is 0 Å². The van der Waals surface area contributed by atoms with Gasteiger partial charge in [0.05, 0.1) is 34.6 Å². The van der Waals surface area contributed by atoms with Crippen LogP contribution in [-0.4, -0.2) is 28.3 Å². The number of aromatic nitrogens is 1. The summed E-state index contributed by atoms with van der Waals surface area (Å²) >= 11 is 7.02. The third-order valence-corrected chi connectivity index (χ3v) is 5.61. The van der Waals surface area contributed by atoms with Crippen LogP contribution >= 0.6 is 23.6 Å². The number of carbonyl (C=O) groups is 1. The van der Waals surface area contributed by atoms with Gasteiger partial charge in [-0.05, 0) is 36.2 Å². The lowest BCUT2D eigenvalue weighted by molar-refractivity contribution is -0.244. The molecule has 1 aliphatic heterocycles. The number of hydrogen-bond acceptors (Lipinski definition) is 6. The van der Waals surface area contributed by atoms with Gasteiger partial charge in [0.1, 0.15) is 0 Å². The average molecular weight is 458 g/mol. The molecule has 0 fully saturated rings. The number of amides is 1. The zero-order chi connectivity index (χ0) is 21.8. The first-order chi connectivity index (χ1) is 15.1. The summed E-state index contributed by atoms with van der Waals surface area (Å²) in [5.74, 6) is -0.502. The Balaban J connectivity index is 1.51.